The standard InChI is InChI=1S/C28H54N2/c1-12-24(7)15-18(2)21(16-30)19(3)26(9)22(13-14-29)27(24,10)20(4)25(8)17-23(5,6)28(25,26)11/h18-22H,12-17,29-30H2,1-11H3. The van der Waals surface area contributed by atoms with Crippen LogP contribution in [-0.2, 0) is 0 Å². The second-order valence-electron chi connectivity index (χ2n) is 13.8. The molecule has 0 aromatic carbocycles. The van der Waals surface area contributed by atoms with Gasteiger partial charge in [-0.3, -0.25) is 0 Å². The van der Waals surface area contributed by atoms with E-state index in [4.69, 9.17) is 11.5 Å². The first-order valence-corrected chi connectivity index (χ1v) is 13.0. The van der Waals surface area contributed by atoms with Crippen molar-refractivity contribution >= 4 is 0 Å². The van der Waals surface area contributed by atoms with Crippen LogP contribution in [-0.4, -0.2) is 13.1 Å². The monoisotopic (exact) mass is 418 g/mol. The van der Waals surface area contributed by atoms with Crippen LogP contribution in [0.3, 0.4) is 0 Å². The summed E-state index contributed by atoms with van der Waals surface area (Å²) in [6.45, 7) is 30.2. The van der Waals surface area contributed by atoms with Crippen molar-refractivity contribution in [3.8, 4) is 0 Å². The van der Waals surface area contributed by atoms with Gasteiger partial charge in [0.2, 0.25) is 0 Å². The number of hydrogen-bond acceptors (Lipinski definition) is 2. The molecule has 0 saturated heterocycles. The fourth-order valence-electron chi connectivity index (χ4n) is 11.3. The van der Waals surface area contributed by atoms with Crippen molar-refractivity contribution in [1.29, 1.82) is 0 Å². The van der Waals surface area contributed by atoms with Crippen LogP contribution >= 0.6 is 0 Å². The highest BCUT2D eigenvalue weighted by atomic mass is 14.9. The largest absolute Gasteiger partial charge is 0.330 e. The molecule has 3 aliphatic carbocycles. The maximum Gasteiger partial charge on any atom is -0.00436 e. The van der Waals surface area contributed by atoms with E-state index in [0.29, 0.717) is 45.8 Å². The second-order valence-corrected chi connectivity index (χ2v) is 13.8. The maximum absolute atomic E-state index is 6.56. The SMILES string of the molecule is CCC1(C)CC(C)C(CN)C(C)C2(C)C(CCN)C1(C)C(C)C1(C)CC(C)(C)C12C. The van der Waals surface area contributed by atoms with Gasteiger partial charge in [0.15, 0.2) is 0 Å². The molecule has 0 radical (unpaired) electrons. The third-order valence-electron chi connectivity index (χ3n) is 13.6. The highest BCUT2D eigenvalue weighted by Crippen LogP contribution is 2.87. The molecule has 3 rings (SSSR count). The second kappa shape index (κ2) is 6.96. The Morgan fingerprint density at radius 3 is 1.87 bits per heavy atom. The molecule has 3 saturated carbocycles. The summed E-state index contributed by atoms with van der Waals surface area (Å²) in [5.41, 5.74) is 14.8. The molecule has 3 aliphatic rings. The first-order valence-electron chi connectivity index (χ1n) is 13.0. The van der Waals surface area contributed by atoms with Gasteiger partial charge in [-0.2, -0.15) is 0 Å². The molecule has 2 nitrogen and oxygen atoms in total. The van der Waals surface area contributed by atoms with E-state index < -0.39 is 0 Å². The number of rotatable bonds is 4. The van der Waals surface area contributed by atoms with E-state index in [1.807, 2.05) is 0 Å². The van der Waals surface area contributed by atoms with Crippen molar-refractivity contribution in [2.45, 2.75) is 102 Å². The smallest absolute Gasteiger partial charge is 0.00436 e. The van der Waals surface area contributed by atoms with Gasteiger partial charge in [-0.15, -0.1) is 0 Å². The summed E-state index contributed by atoms with van der Waals surface area (Å²) in [4.78, 5) is 0. The molecule has 0 aromatic rings. The number of fused-ring (bicyclic) bond motifs is 4. The van der Waals surface area contributed by atoms with Crippen LogP contribution in [0.5, 0.6) is 0 Å². The van der Waals surface area contributed by atoms with E-state index in [9.17, 15) is 0 Å². The van der Waals surface area contributed by atoms with Gasteiger partial charge in [-0.05, 0) is 94.4 Å². The summed E-state index contributed by atoms with van der Waals surface area (Å²) in [5, 5.41) is 0. The first kappa shape index (κ1) is 24.6. The zero-order chi connectivity index (χ0) is 23.1. The molecule has 2 heteroatoms. The molecule has 4 N–H and O–H groups in total. The molecular weight excluding hydrogens is 364 g/mol. The molecule has 2 bridgehead atoms. The summed E-state index contributed by atoms with van der Waals surface area (Å²) < 4.78 is 0. The van der Waals surface area contributed by atoms with E-state index in [-0.39, 0.29) is 16.2 Å². The van der Waals surface area contributed by atoms with Crippen LogP contribution in [0, 0.1) is 62.1 Å². The van der Waals surface area contributed by atoms with Crippen LogP contribution in [0.25, 0.3) is 0 Å². The molecule has 0 aromatic heterocycles. The minimum Gasteiger partial charge on any atom is -0.330 e. The summed E-state index contributed by atoms with van der Waals surface area (Å²) >= 11 is 0. The molecule has 0 heterocycles. The van der Waals surface area contributed by atoms with Gasteiger partial charge in [0.25, 0.3) is 0 Å². The van der Waals surface area contributed by atoms with Gasteiger partial charge in [-0.25, -0.2) is 0 Å². The normalized spacial score (nSPS) is 57.7. The van der Waals surface area contributed by atoms with E-state index in [1.165, 1.54) is 19.3 Å². The maximum atomic E-state index is 6.56. The lowest BCUT2D eigenvalue weighted by Gasteiger charge is -2.86. The Bertz CT molecular complexity index is 672. The van der Waals surface area contributed by atoms with Crippen molar-refractivity contribution in [2.75, 3.05) is 13.1 Å². The summed E-state index contributed by atoms with van der Waals surface area (Å²) in [6.07, 6.45) is 5.03. The van der Waals surface area contributed by atoms with Gasteiger partial charge in [0.05, 0.1) is 0 Å². The lowest BCUT2D eigenvalue weighted by atomic mass is 9.18. The predicted molar refractivity (Wildman–Crippen MR) is 131 cm³/mol. The van der Waals surface area contributed by atoms with Crippen molar-refractivity contribution in [1.82, 2.24) is 0 Å². The molecule has 10 unspecified atom stereocenters. The Morgan fingerprint density at radius 2 is 1.43 bits per heavy atom. The van der Waals surface area contributed by atoms with E-state index in [2.05, 4.69) is 76.2 Å². The average molecular weight is 419 g/mol. The molecular formula is C28H54N2. The molecule has 10 atom stereocenters. The number of nitrogens with two attached hydrogens (primary N) is 2. The minimum absolute atomic E-state index is 0.222. The Kier molecular flexibility index (Phi) is 5.70. The molecule has 3 fully saturated rings. The lowest BCUT2D eigenvalue weighted by Crippen LogP contribution is -2.81. The first-order chi connectivity index (χ1) is 13.6. The zero-order valence-corrected chi connectivity index (χ0v) is 22.3. The number of hydrogen-bond donors (Lipinski definition) is 2. The molecule has 0 spiro atoms. The topological polar surface area (TPSA) is 52.0 Å². The predicted octanol–water partition coefficient (Wildman–Crippen LogP) is 6.72. The third kappa shape index (κ3) is 2.34. The van der Waals surface area contributed by atoms with Crippen LogP contribution in [0.4, 0.5) is 0 Å². The van der Waals surface area contributed by atoms with Crippen molar-refractivity contribution < 1.29 is 0 Å². The van der Waals surface area contributed by atoms with Crippen LogP contribution in [0.2, 0.25) is 0 Å². The van der Waals surface area contributed by atoms with E-state index in [0.717, 1.165) is 19.5 Å². The third-order valence-corrected chi connectivity index (χ3v) is 13.6. The minimum atomic E-state index is 0.222. The van der Waals surface area contributed by atoms with Gasteiger partial charge in [-0.1, -0.05) is 82.6 Å². The van der Waals surface area contributed by atoms with Gasteiger partial charge in [0.1, 0.15) is 0 Å². The van der Waals surface area contributed by atoms with E-state index in [1.54, 1.807) is 0 Å². The van der Waals surface area contributed by atoms with Gasteiger partial charge >= 0.3 is 0 Å². The molecule has 30 heavy (non-hydrogen) atoms. The van der Waals surface area contributed by atoms with Gasteiger partial charge < -0.3 is 11.5 Å². The summed E-state index contributed by atoms with van der Waals surface area (Å²) in [7, 11) is 0. The van der Waals surface area contributed by atoms with Crippen LogP contribution in [0.1, 0.15) is 102 Å². The van der Waals surface area contributed by atoms with Gasteiger partial charge in [0, 0.05) is 0 Å². The quantitative estimate of drug-likeness (QED) is 0.532. The lowest BCUT2D eigenvalue weighted by molar-refractivity contribution is -0.383. The fraction of sp³-hybridized carbons (Fsp3) is 1.00. The average Bonchev–Trinajstić information content (AvgIpc) is 2.67. The molecule has 176 valence electrons. The summed E-state index contributed by atoms with van der Waals surface area (Å²) in [5.74, 6) is 3.16. The molecule has 0 amide bonds. The zero-order valence-electron chi connectivity index (χ0n) is 22.3. The summed E-state index contributed by atoms with van der Waals surface area (Å²) in [6, 6.07) is 0. The molecule has 0 aliphatic heterocycles. The van der Waals surface area contributed by atoms with E-state index >= 15 is 0 Å². The Morgan fingerprint density at radius 1 is 0.867 bits per heavy atom. The Hall–Kier alpha value is -0.0800. The van der Waals surface area contributed by atoms with Crippen molar-refractivity contribution in [3.63, 3.8) is 0 Å². The van der Waals surface area contributed by atoms with Crippen molar-refractivity contribution in [2.24, 2.45) is 73.5 Å². The Labute approximate surface area is 188 Å². The van der Waals surface area contributed by atoms with Crippen LogP contribution < -0.4 is 11.5 Å². The van der Waals surface area contributed by atoms with Crippen LogP contribution in [0.15, 0.2) is 0 Å². The highest BCUT2D eigenvalue weighted by Gasteiger charge is 2.82. The Balaban J connectivity index is 2.42. The van der Waals surface area contributed by atoms with Crippen molar-refractivity contribution in [3.05, 3.63) is 0 Å². The fourth-order valence-corrected chi connectivity index (χ4v) is 11.3. The highest BCUT2D eigenvalue weighted by molar-refractivity contribution is 5.29.